The Morgan fingerprint density at radius 3 is 2.52 bits per heavy atom. The number of hydrogen-bond acceptors (Lipinski definition) is 6. The monoisotopic (exact) mass is 408 g/mol. The molecule has 2 aromatic rings. The minimum absolute atomic E-state index is 0. The molecule has 0 amide bonds. The number of hydrogen-bond donors (Lipinski definition) is 1. The zero-order chi connectivity index (χ0) is 18.4. The van der Waals surface area contributed by atoms with E-state index in [1.165, 1.54) is 17.6 Å². The van der Waals surface area contributed by atoms with Crippen molar-refractivity contribution in [3.63, 3.8) is 0 Å². The van der Waals surface area contributed by atoms with Crippen LogP contribution in [0.2, 0.25) is 0 Å². The number of carbonyl (C=O) groups is 1. The maximum atomic E-state index is 12.3. The van der Waals surface area contributed by atoms with Crippen LogP contribution in [-0.4, -0.2) is 45.6 Å². The van der Waals surface area contributed by atoms with Gasteiger partial charge in [-0.2, -0.15) is 0 Å². The molecule has 1 saturated heterocycles. The lowest BCUT2D eigenvalue weighted by atomic mass is 10.1. The normalized spacial score (nSPS) is 13.6. The summed E-state index contributed by atoms with van der Waals surface area (Å²) < 4.78 is 10.4. The van der Waals surface area contributed by atoms with Crippen LogP contribution in [0.15, 0.2) is 47.4 Å². The second kappa shape index (κ2) is 10.4. The molecule has 3 rings (SSSR count). The highest BCUT2D eigenvalue weighted by Crippen LogP contribution is 2.26. The van der Waals surface area contributed by atoms with Crippen LogP contribution in [0, 0.1) is 0 Å². The third kappa shape index (κ3) is 5.54. The van der Waals surface area contributed by atoms with Gasteiger partial charge in [0, 0.05) is 30.2 Å². The summed E-state index contributed by atoms with van der Waals surface area (Å²) in [5, 5.41) is 3.39. The Bertz CT molecular complexity index is 749. The van der Waals surface area contributed by atoms with E-state index >= 15 is 0 Å². The molecule has 1 heterocycles. The highest BCUT2D eigenvalue weighted by atomic mass is 35.5. The average Bonchev–Trinajstić information content (AvgIpc) is 2.72. The second-order valence-electron chi connectivity index (χ2n) is 6.02. The van der Waals surface area contributed by atoms with Crippen molar-refractivity contribution in [2.75, 3.05) is 49.9 Å². The van der Waals surface area contributed by atoms with Crippen molar-refractivity contribution in [2.45, 2.75) is 11.4 Å². The number of nitrogens with zero attached hydrogens (tertiary/aromatic N) is 1. The first kappa shape index (κ1) is 21.4. The van der Waals surface area contributed by atoms with Gasteiger partial charge in [0.15, 0.2) is 0 Å². The summed E-state index contributed by atoms with van der Waals surface area (Å²) in [7, 11) is 1.42. The Labute approximate surface area is 170 Å². The molecule has 0 unspecified atom stereocenters. The quantitative estimate of drug-likeness (QED) is 0.574. The van der Waals surface area contributed by atoms with Gasteiger partial charge < -0.3 is 19.7 Å². The number of halogens is 1. The zero-order valence-electron chi connectivity index (χ0n) is 15.6. The van der Waals surface area contributed by atoms with Gasteiger partial charge in [0.25, 0.3) is 0 Å². The summed E-state index contributed by atoms with van der Waals surface area (Å²) >= 11 is 1.73. The Morgan fingerprint density at radius 2 is 1.89 bits per heavy atom. The molecule has 1 N–H and O–H groups in total. The SMILES string of the molecule is COC(=O)c1cc(NCc2ccc(SC)cc2)ccc1N1CCOCC1.Cl. The van der Waals surface area contributed by atoms with Crippen molar-refractivity contribution in [3.05, 3.63) is 53.6 Å². The molecule has 2 aromatic carbocycles. The lowest BCUT2D eigenvalue weighted by Gasteiger charge is -2.30. The van der Waals surface area contributed by atoms with Crippen LogP contribution in [0.25, 0.3) is 0 Å². The fraction of sp³-hybridized carbons (Fsp3) is 0.350. The fourth-order valence-electron chi connectivity index (χ4n) is 2.95. The average molecular weight is 409 g/mol. The molecular weight excluding hydrogens is 384 g/mol. The van der Waals surface area contributed by atoms with E-state index in [0.717, 1.165) is 24.5 Å². The zero-order valence-corrected chi connectivity index (χ0v) is 17.2. The van der Waals surface area contributed by atoms with Crippen molar-refractivity contribution in [2.24, 2.45) is 0 Å². The third-order valence-corrected chi connectivity index (χ3v) is 5.15. The van der Waals surface area contributed by atoms with E-state index in [1.54, 1.807) is 11.8 Å². The van der Waals surface area contributed by atoms with Crippen LogP contribution in [0.4, 0.5) is 11.4 Å². The standard InChI is InChI=1S/C20H24N2O3S.ClH/c1-24-20(23)18-13-16(5-8-19(18)22-9-11-25-12-10-22)21-14-15-3-6-17(26-2)7-4-15;/h3-8,13,21H,9-12,14H2,1-2H3;1H. The van der Waals surface area contributed by atoms with Crippen LogP contribution in [0.3, 0.4) is 0 Å². The summed E-state index contributed by atoms with van der Waals surface area (Å²) in [5.41, 5.74) is 3.57. The third-order valence-electron chi connectivity index (χ3n) is 4.41. The Kier molecular flexibility index (Phi) is 8.28. The van der Waals surface area contributed by atoms with E-state index in [9.17, 15) is 4.79 Å². The second-order valence-corrected chi connectivity index (χ2v) is 6.90. The molecule has 146 valence electrons. The maximum absolute atomic E-state index is 12.3. The number of rotatable bonds is 6. The molecule has 1 fully saturated rings. The molecule has 0 bridgehead atoms. The number of anilines is 2. The highest BCUT2D eigenvalue weighted by molar-refractivity contribution is 7.98. The predicted octanol–water partition coefficient (Wildman–Crippen LogP) is 4.07. The van der Waals surface area contributed by atoms with Crippen LogP contribution >= 0.6 is 24.2 Å². The molecule has 0 aliphatic carbocycles. The van der Waals surface area contributed by atoms with E-state index < -0.39 is 0 Å². The van der Waals surface area contributed by atoms with E-state index in [2.05, 4.69) is 40.7 Å². The van der Waals surface area contributed by atoms with Crippen molar-refractivity contribution < 1.29 is 14.3 Å². The van der Waals surface area contributed by atoms with Crippen molar-refractivity contribution in [3.8, 4) is 0 Å². The molecule has 0 spiro atoms. The molecule has 0 atom stereocenters. The molecule has 1 aliphatic rings. The van der Waals surface area contributed by atoms with Crippen LogP contribution < -0.4 is 10.2 Å². The smallest absolute Gasteiger partial charge is 0.340 e. The number of nitrogens with one attached hydrogen (secondary N) is 1. The number of benzene rings is 2. The lowest BCUT2D eigenvalue weighted by Crippen LogP contribution is -2.37. The Morgan fingerprint density at radius 1 is 1.19 bits per heavy atom. The first-order valence-electron chi connectivity index (χ1n) is 8.63. The molecule has 27 heavy (non-hydrogen) atoms. The van der Waals surface area contributed by atoms with Gasteiger partial charge in [-0.05, 0) is 42.2 Å². The predicted molar refractivity (Wildman–Crippen MR) is 114 cm³/mol. The van der Waals surface area contributed by atoms with Gasteiger partial charge in [-0.15, -0.1) is 24.2 Å². The van der Waals surface area contributed by atoms with Gasteiger partial charge in [-0.3, -0.25) is 0 Å². The number of morpholine rings is 1. The van der Waals surface area contributed by atoms with Crippen molar-refractivity contribution in [1.29, 1.82) is 0 Å². The largest absolute Gasteiger partial charge is 0.465 e. The summed E-state index contributed by atoms with van der Waals surface area (Å²) in [6.45, 7) is 3.60. The van der Waals surface area contributed by atoms with E-state index in [1.807, 2.05) is 18.2 Å². The topological polar surface area (TPSA) is 50.8 Å². The van der Waals surface area contributed by atoms with Crippen LogP contribution in [0.5, 0.6) is 0 Å². The van der Waals surface area contributed by atoms with Gasteiger partial charge in [0.1, 0.15) is 0 Å². The molecule has 0 saturated carbocycles. The number of ether oxygens (including phenoxy) is 2. The van der Waals surface area contributed by atoms with E-state index in [0.29, 0.717) is 25.3 Å². The molecule has 0 radical (unpaired) electrons. The molecular formula is C20H25ClN2O3S. The minimum Gasteiger partial charge on any atom is -0.465 e. The van der Waals surface area contributed by atoms with Crippen LogP contribution in [0.1, 0.15) is 15.9 Å². The summed E-state index contributed by atoms with van der Waals surface area (Å²) in [4.78, 5) is 15.7. The van der Waals surface area contributed by atoms with E-state index in [4.69, 9.17) is 9.47 Å². The first-order chi connectivity index (χ1) is 12.7. The molecule has 1 aliphatic heterocycles. The number of esters is 1. The van der Waals surface area contributed by atoms with Crippen molar-refractivity contribution >= 4 is 41.5 Å². The Hall–Kier alpha value is -1.89. The van der Waals surface area contributed by atoms with E-state index in [-0.39, 0.29) is 18.4 Å². The lowest BCUT2D eigenvalue weighted by molar-refractivity contribution is 0.0600. The first-order valence-corrected chi connectivity index (χ1v) is 9.85. The number of carbonyl (C=O) groups excluding carboxylic acids is 1. The Balaban J connectivity index is 0.00000261. The summed E-state index contributed by atoms with van der Waals surface area (Å²) in [6, 6.07) is 14.3. The highest BCUT2D eigenvalue weighted by Gasteiger charge is 2.19. The fourth-order valence-corrected chi connectivity index (χ4v) is 3.36. The molecule has 0 aromatic heterocycles. The summed E-state index contributed by atoms with van der Waals surface area (Å²) in [6.07, 6.45) is 2.07. The van der Waals surface area contributed by atoms with Crippen molar-refractivity contribution in [1.82, 2.24) is 0 Å². The van der Waals surface area contributed by atoms with Gasteiger partial charge in [-0.25, -0.2) is 4.79 Å². The van der Waals surface area contributed by atoms with Gasteiger partial charge >= 0.3 is 5.97 Å². The maximum Gasteiger partial charge on any atom is 0.340 e. The number of thioether (sulfide) groups is 1. The minimum atomic E-state index is -0.320. The summed E-state index contributed by atoms with van der Waals surface area (Å²) in [5.74, 6) is -0.320. The van der Waals surface area contributed by atoms with Gasteiger partial charge in [-0.1, -0.05) is 12.1 Å². The number of methoxy groups -OCH3 is 1. The van der Waals surface area contributed by atoms with Gasteiger partial charge in [0.2, 0.25) is 0 Å². The van der Waals surface area contributed by atoms with Crippen LogP contribution in [-0.2, 0) is 16.0 Å². The molecule has 7 heteroatoms. The van der Waals surface area contributed by atoms with Gasteiger partial charge in [0.05, 0.1) is 31.6 Å². The molecule has 5 nitrogen and oxygen atoms in total.